The van der Waals surface area contributed by atoms with Gasteiger partial charge in [-0.05, 0) is 28.2 Å². The van der Waals surface area contributed by atoms with Gasteiger partial charge in [-0.1, -0.05) is 24.3 Å². The van der Waals surface area contributed by atoms with Crippen LogP contribution < -0.4 is 10.2 Å². The van der Waals surface area contributed by atoms with Crippen LogP contribution in [0.15, 0.2) is 24.3 Å². The molecule has 0 saturated carbocycles. The zero-order valence-electron chi connectivity index (χ0n) is 18.6. The standard InChI is InChI=1S/C22H28N6O3/c1-14(29)28(13-12-27(4)5)22-18-17(21(24-25-22)23-10-11-26(2)3)19(30)15-8-6-7-9-16(15)20(18)31/h6-9H,10-13H2,1-5H3,(H,23,24). The number of amides is 1. The number of hydrogen-bond donors (Lipinski definition) is 1. The molecular weight excluding hydrogens is 396 g/mol. The molecule has 9 nitrogen and oxygen atoms in total. The van der Waals surface area contributed by atoms with Gasteiger partial charge >= 0.3 is 0 Å². The summed E-state index contributed by atoms with van der Waals surface area (Å²) in [6.07, 6.45) is 0. The molecule has 3 rings (SSSR count). The maximum atomic E-state index is 13.5. The first-order valence-electron chi connectivity index (χ1n) is 10.1. The van der Waals surface area contributed by atoms with E-state index in [1.54, 1.807) is 24.3 Å². The predicted octanol–water partition coefficient (Wildman–Crippen LogP) is 1.14. The quantitative estimate of drug-likeness (QED) is 0.575. The molecule has 164 valence electrons. The summed E-state index contributed by atoms with van der Waals surface area (Å²) in [5, 5.41) is 11.6. The second kappa shape index (κ2) is 9.32. The van der Waals surface area contributed by atoms with Gasteiger partial charge in [-0.15, -0.1) is 10.2 Å². The van der Waals surface area contributed by atoms with Gasteiger partial charge in [-0.2, -0.15) is 0 Å². The Hall–Kier alpha value is -3.17. The number of nitrogens with zero attached hydrogens (tertiary/aromatic N) is 5. The SMILES string of the molecule is CC(=O)N(CCN(C)C)c1nnc(NCCN(C)C)c2c1C(=O)c1ccccc1C2=O. The molecular formula is C22H28N6O3. The normalized spacial score (nSPS) is 12.7. The Bertz CT molecular complexity index is 1020. The van der Waals surface area contributed by atoms with Crippen molar-refractivity contribution < 1.29 is 14.4 Å². The highest BCUT2D eigenvalue weighted by atomic mass is 16.2. The lowest BCUT2D eigenvalue weighted by atomic mass is 9.84. The van der Waals surface area contributed by atoms with E-state index >= 15 is 0 Å². The van der Waals surface area contributed by atoms with Gasteiger partial charge < -0.3 is 15.1 Å². The van der Waals surface area contributed by atoms with Crippen molar-refractivity contribution in [1.29, 1.82) is 0 Å². The van der Waals surface area contributed by atoms with Gasteiger partial charge in [0.2, 0.25) is 5.91 Å². The minimum Gasteiger partial charge on any atom is -0.367 e. The highest BCUT2D eigenvalue weighted by molar-refractivity contribution is 6.31. The van der Waals surface area contributed by atoms with Crippen LogP contribution in [0.4, 0.5) is 11.6 Å². The van der Waals surface area contributed by atoms with Gasteiger partial charge in [-0.25, -0.2) is 0 Å². The summed E-state index contributed by atoms with van der Waals surface area (Å²) in [5.74, 6) is -0.530. The molecule has 1 aromatic carbocycles. The van der Waals surface area contributed by atoms with E-state index in [1.807, 2.05) is 38.0 Å². The lowest BCUT2D eigenvalue weighted by Gasteiger charge is -2.27. The highest BCUT2D eigenvalue weighted by Crippen LogP contribution is 2.35. The Morgan fingerprint density at radius 1 is 0.871 bits per heavy atom. The molecule has 0 unspecified atom stereocenters. The van der Waals surface area contributed by atoms with Crippen molar-refractivity contribution in [3.8, 4) is 0 Å². The molecule has 1 aliphatic rings. The minimum atomic E-state index is -0.332. The van der Waals surface area contributed by atoms with E-state index in [0.29, 0.717) is 37.3 Å². The fourth-order valence-electron chi connectivity index (χ4n) is 3.44. The molecule has 0 spiro atoms. The van der Waals surface area contributed by atoms with E-state index in [2.05, 4.69) is 15.5 Å². The van der Waals surface area contributed by atoms with Crippen LogP contribution >= 0.6 is 0 Å². The van der Waals surface area contributed by atoms with Crippen LogP contribution in [0.2, 0.25) is 0 Å². The first kappa shape index (κ1) is 22.5. The van der Waals surface area contributed by atoms with E-state index in [0.717, 1.165) is 0 Å². The van der Waals surface area contributed by atoms with Gasteiger partial charge in [0.25, 0.3) is 0 Å². The second-order valence-electron chi connectivity index (χ2n) is 8.03. The molecule has 1 aromatic heterocycles. The van der Waals surface area contributed by atoms with Crippen molar-refractivity contribution >= 4 is 29.1 Å². The van der Waals surface area contributed by atoms with Crippen LogP contribution in [0.25, 0.3) is 0 Å². The number of anilines is 2. The molecule has 1 N–H and O–H groups in total. The minimum absolute atomic E-state index is 0.121. The maximum Gasteiger partial charge on any atom is 0.225 e. The summed E-state index contributed by atoms with van der Waals surface area (Å²) in [5.41, 5.74) is 0.936. The number of hydrogen-bond acceptors (Lipinski definition) is 8. The fourth-order valence-corrected chi connectivity index (χ4v) is 3.44. The van der Waals surface area contributed by atoms with E-state index < -0.39 is 0 Å². The molecule has 1 heterocycles. The molecule has 0 atom stereocenters. The topological polar surface area (TPSA) is 98.7 Å². The number of likely N-dealkylation sites (N-methyl/N-ethyl adjacent to an activating group) is 2. The third kappa shape index (κ3) is 4.62. The molecule has 0 saturated heterocycles. The molecule has 2 aromatic rings. The van der Waals surface area contributed by atoms with Gasteiger partial charge in [-0.3, -0.25) is 19.3 Å². The summed E-state index contributed by atoms with van der Waals surface area (Å²) in [6, 6.07) is 6.70. The lowest BCUT2D eigenvalue weighted by Crippen LogP contribution is -2.38. The first-order chi connectivity index (χ1) is 14.7. The Balaban J connectivity index is 2.15. The van der Waals surface area contributed by atoms with Gasteiger partial charge in [0, 0.05) is 44.2 Å². The van der Waals surface area contributed by atoms with E-state index in [-0.39, 0.29) is 40.2 Å². The van der Waals surface area contributed by atoms with Crippen LogP contribution in [-0.4, -0.2) is 91.8 Å². The summed E-state index contributed by atoms with van der Waals surface area (Å²) in [4.78, 5) is 44.6. The number of benzene rings is 1. The maximum absolute atomic E-state index is 13.5. The zero-order chi connectivity index (χ0) is 22.7. The first-order valence-corrected chi connectivity index (χ1v) is 10.1. The number of carbonyl (C=O) groups is 3. The highest BCUT2D eigenvalue weighted by Gasteiger charge is 2.37. The lowest BCUT2D eigenvalue weighted by molar-refractivity contribution is -0.116. The van der Waals surface area contributed by atoms with Crippen molar-refractivity contribution in [3.05, 3.63) is 46.5 Å². The fraction of sp³-hybridized carbons (Fsp3) is 0.409. The molecule has 1 amide bonds. The number of rotatable bonds is 8. The smallest absolute Gasteiger partial charge is 0.225 e. The molecule has 31 heavy (non-hydrogen) atoms. The second-order valence-corrected chi connectivity index (χ2v) is 8.03. The van der Waals surface area contributed by atoms with Crippen molar-refractivity contribution in [2.45, 2.75) is 6.92 Å². The Morgan fingerprint density at radius 3 is 2.00 bits per heavy atom. The van der Waals surface area contributed by atoms with Crippen LogP contribution in [-0.2, 0) is 4.79 Å². The van der Waals surface area contributed by atoms with Gasteiger partial charge in [0.1, 0.15) is 0 Å². The zero-order valence-corrected chi connectivity index (χ0v) is 18.6. The Morgan fingerprint density at radius 2 is 1.45 bits per heavy atom. The largest absolute Gasteiger partial charge is 0.367 e. The van der Waals surface area contributed by atoms with Crippen LogP contribution in [0, 0.1) is 0 Å². The van der Waals surface area contributed by atoms with E-state index in [9.17, 15) is 14.4 Å². The molecule has 0 radical (unpaired) electrons. The van der Waals surface area contributed by atoms with Crippen molar-refractivity contribution in [1.82, 2.24) is 20.0 Å². The third-order valence-electron chi connectivity index (χ3n) is 5.08. The molecule has 1 aliphatic carbocycles. The Kier molecular flexibility index (Phi) is 6.77. The molecule has 0 aliphatic heterocycles. The number of carbonyl (C=O) groups excluding carboxylic acids is 3. The summed E-state index contributed by atoms with van der Waals surface area (Å²) >= 11 is 0. The third-order valence-corrected chi connectivity index (χ3v) is 5.08. The van der Waals surface area contributed by atoms with Crippen molar-refractivity contribution in [2.75, 3.05) is 64.6 Å². The average molecular weight is 425 g/mol. The summed E-state index contributed by atoms with van der Waals surface area (Å²) in [6.45, 7) is 3.53. The van der Waals surface area contributed by atoms with Crippen molar-refractivity contribution in [2.24, 2.45) is 0 Å². The predicted molar refractivity (Wildman–Crippen MR) is 119 cm³/mol. The number of nitrogens with one attached hydrogen (secondary N) is 1. The number of fused-ring (bicyclic) bond motifs is 2. The molecule has 0 fully saturated rings. The Labute approximate surface area is 182 Å². The number of ketones is 2. The van der Waals surface area contributed by atoms with Gasteiger partial charge in [0.15, 0.2) is 23.2 Å². The van der Waals surface area contributed by atoms with Crippen LogP contribution in [0.5, 0.6) is 0 Å². The number of aromatic nitrogens is 2. The monoisotopic (exact) mass is 424 g/mol. The average Bonchev–Trinajstić information content (AvgIpc) is 2.71. The van der Waals surface area contributed by atoms with E-state index in [4.69, 9.17) is 0 Å². The molecule has 0 bridgehead atoms. The summed E-state index contributed by atoms with van der Waals surface area (Å²) in [7, 11) is 7.66. The van der Waals surface area contributed by atoms with E-state index in [1.165, 1.54) is 11.8 Å². The molecule has 9 heteroatoms. The summed E-state index contributed by atoms with van der Waals surface area (Å²) < 4.78 is 0. The van der Waals surface area contributed by atoms with Gasteiger partial charge in [0.05, 0.1) is 11.1 Å². The van der Waals surface area contributed by atoms with Crippen LogP contribution in [0.3, 0.4) is 0 Å². The van der Waals surface area contributed by atoms with Crippen molar-refractivity contribution in [3.63, 3.8) is 0 Å². The van der Waals surface area contributed by atoms with Crippen LogP contribution in [0.1, 0.15) is 38.8 Å².